The molecule has 92 valence electrons. The van der Waals surface area contributed by atoms with Crippen LogP contribution in [0.4, 0.5) is 10.1 Å². The first-order valence-electron chi connectivity index (χ1n) is 5.79. The molecule has 1 saturated carbocycles. The smallest absolute Gasteiger partial charge is 0.329 e. The maximum absolute atomic E-state index is 12.8. The van der Waals surface area contributed by atoms with Gasteiger partial charge in [0.05, 0.1) is 0 Å². The molecule has 1 fully saturated rings. The van der Waals surface area contributed by atoms with Crippen LogP contribution in [0.1, 0.15) is 25.7 Å². The Hall–Kier alpha value is -1.58. The lowest BCUT2D eigenvalue weighted by Gasteiger charge is -2.36. The van der Waals surface area contributed by atoms with Crippen molar-refractivity contribution in [3.63, 3.8) is 0 Å². The topological polar surface area (TPSA) is 40.5 Å². The monoisotopic (exact) mass is 237 g/mol. The zero-order valence-corrected chi connectivity index (χ0v) is 9.82. The van der Waals surface area contributed by atoms with Gasteiger partial charge >= 0.3 is 5.97 Å². The standard InChI is InChI=1S/C13H16FNO2/c1-15(11-6-4-10(14)5-7-11)13(12(16)17)8-2-3-9-13/h4-7H,2-3,8-9H2,1H3,(H,16,17). The summed E-state index contributed by atoms with van der Waals surface area (Å²) >= 11 is 0. The van der Waals surface area contributed by atoms with Crippen molar-refractivity contribution in [2.45, 2.75) is 31.2 Å². The minimum atomic E-state index is -0.822. The van der Waals surface area contributed by atoms with Gasteiger partial charge in [0.2, 0.25) is 0 Å². The molecule has 0 atom stereocenters. The summed E-state index contributed by atoms with van der Waals surface area (Å²) in [5, 5.41) is 9.43. The van der Waals surface area contributed by atoms with Gasteiger partial charge in [-0.15, -0.1) is 0 Å². The van der Waals surface area contributed by atoms with Crippen molar-refractivity contribution in [2.75, 3.05) is 11.9 Å². The number of hydrogen-bond acceptors (Lipinski definition) is 2. The van der Waals surface area contributed by atoms with E-state index < -0.39 is 11.5 Å². The fraction of sp³-hybridized carbons (Fsp3) is 0.462. The van der Waals surface area contributed by atoms with Crippen LogP contribution in [0.5, 0.6) is 0 Å². The molecule has 4 heteroatoms. The van der Waals surface area contributed by atoms with Gasteiger partial charge in [-0.3, -0.25) is 0 Å². The Morgan fingerprint density at radius 3 is 2.29 bits per heavy atom. The van der Waals surface area contributed by atoms with Crippen molar-refractivity contribution in [1.29, 1.82) is 0 Å². The van der Waals surface area contributed by atoms with E-state index in [0.717, 1.165) is 18.5 Å². The minimum absolute atomic E-state index is 0.307. The number of nitrogens with zero attached hydrogens (tertiary/aromatic N) is 1. The van der Waals surface area contributed by atoms with Gasteiger partial charge in [-0.25, -0.2) is 9.18 Å². The van der Waals surface area contributed by atoms with Crippen molar-refractivity contribution in [2.24, 2.45) is 0 Å². The maximum Gasteiger partial charge on any atom is 0.329 e. The number of aliphatic carboxylic acids is 1. The quantitative estimate of drug-likeness (QED) is 0.878. The molecule has 0 spiro atoms. The van der Waals surface area contributed by atoms with Crippen molar-refractivity contribution >= 4 is 11.7 Å². The predicted molar refractivity (Wildman–Crippen MR) is 63.6 cm³/mol. The van der Waals surface area contributed by atoms with Gasteiger partial charge in [0.25, 0.3) is 0 Å². The summed E-state index contributed by atoms with van der Waals surface area (Å²) < 4.78 is 12.8. The first kappa shape index (κ1) is 11.9. The fourth-order valence-corrected chi connectivity index (χ4v) is 2.56. The Morgan fingerprint density at radius 1 is 1.29 bits per heavy atom. The van der Waals surface area contributed by atoms with Gasteiger partial charge < -0.3 is 10.0 Å². The highest BCUT2D eigenvalue weighted by atomic mass is 19.1. The number of carboxylic acids is 1. The van der Waals surface area contributed by atoms with E-state index in [1.165, 1.54) is 12.1 Å². The number of halogens is 1. The molecule has 0 heterocycles. The van der Waals surface area contributed by atoms with Gasteiger partial charge in [0.15, 0.2) is 0 Å². The van der Waals surface area contributed by atoms with Crippen LogP contribution in [0.15, 0.2) is 24.3 Å². The number of anilines is 1. The third-order valence-corrected chi connectivity index (χ3v) is 3.68. The van der Waals surface area contributed by atoms with Crippen molar-refractivity contribution in [3.05, 3.63) is 30.1 Å². The Bertz CT molecular complexity index is 410. The lowest BCUT2D eigenvalue weighted by molar-refractivity contribution is -0.143. The molecule has 1 N–H and O–H groups in total. The van der Waals surface area contributed by atoms with Crippen molar-refractivity contribution in [1.82, 2.24) is 0 Å². The first-order chi connectivity index (χ1) is 8.06. The highest BCUT2D eigenvalue weighted by molar-refractivity contribution is 5.84. The summed E-state index contributed by atoms with van der Waals surface area (Å²) in [5.41, 5.74) is -0.0756. The fourth-order valence-electron chi connectivity index (χ4n) is 2.56. The summed E-state index contributed by atoms with van der Waals surface area (Å²) in [5.74, 6) is -1.10. The molecule has 2 rings (SSSR count). The van der Waals surface area contributed by atoms with Crippen LogP contribution in [0.3, 0.4) is 0 Å². The minimum Gasteiger partial charge on any atom is -0.479 e. The normalized spacial score (nSPS) is 18.0. The second kappa shape index (κ2) is 4.35. The van der Waals surface area contributed by atoms with Crippen LogP contribution < -0.4 is 4.90 Å². The number of likely N-dealkylation sites (N-methyl/N-ethyl adjacent to an activating group) is 1. The second-order valence-corrected chi connectivity index (χ2v) is 4.58. The highest BCUT2D eigenvalue weighted by Gasteiger charge is 2.45. The van der Waals surface area contributed by atoms with Gasteiger partial charge in [-0.05, 0) is 37.1 Å². The summed E-state index contributed by atoms with van der Waals surface area (Å²) in [6, 6.07) is 5.96. The summed E-state index contributed by atoms with van der Waals surface area (Å²) in [7, 11) is 1.77. The van der Waals surface area contributed by atoms with E-state index in [2.05, 4.69) is 0 Å². The van der Waals surface area contributed by atoms with Crippen LogP contribution in [-0.2, 0) is 4.79 Å². The largest absolute Gasteiger partial charge is 0.479 e. The first-order valence-corrected chi connectivity index (χ1v) is 5.79. The van der Waals surface area contributed by atoms with E-state index in [-0.39, 0.29) is 5.82 Å². The molecule has 0 saturated heterocycles. The average Bonchev–Trinajstić information content (AvgIpc) is 2.79. The molecule has 1 aliphatic rings. The Morgan fingerprint density at radius 2 is 1.82 bits per heavy atom. The number of rotatable bonds is 3. The Labute approximate surface area is 99.9 Å². The lowest BCUT2D eigenvalue weighted by atomic mass is 9.95. The molecule has 1 aromatic rings. The van der Waals surface area contributed by atoms with Crippen molar-refractivity contribution in [3.8, 4) is 0 Å². The SMILES string of the molecule is CN(c1ccc(F)cc1)C1(C(=O)O)CCCC1. The number of hydrogen-bond donors (Lipinski definition) is 1. The molecule has 0 amide bonds. The number of benzene rings is 1. The van der Waals surface area contributed by atoms with Crippen molar-refractivity contribution < 1.29 is 14.3 Å². The zero-order valence-electron chi connectivity index (χ0n) is 9.82. The van der Waals surface area contributed by atoms with Crippen LogP contribution >= 0.6 is 0 Å². The third-order valence-electron chi connectivity index (χ3n) is 3.68. The van der Waals surface area contributed by atoms with Crippen LogP contribution in [0, 0.1) is 5.82 Å². The average molecular weight is 237 g/mol. The van der Waals surface area contributed by atoms with E-state index in [0.29, 0.717) is 12.8 Å². The summed E-state index contributed by atoms with van der Waals surface area (Å²) in [4.78, 5) is 13.3. The van der Waals surface area contributed by atoms with Gasteiger partial charge in [0.1, 0.15) is 11.4 Å². The molecule has 1 aliphatic carbocycles. The van der Waals surface area contributed by atoms with E-state index in [4.69, 9.17) is 0 Å². The molecule has 0 unspecified atom stereocenters. The van der Waals surface area contributed by atoms with Gasteiger partial charge in [0, 0.05) is 12.7 Å². The molecular weight excluding hydrogens is 221 g/mol. The molecule has 0 aromatic heterocycles. The number of carbonyl (C=O) groups is 1. The van der Waals surface area contributed by atoms with E-state index in [1.54, 1.807) is 24.1 Å². The Kier molecular flexibility index (Phi) is 3.05. The third kappa shape index (κ3) is 1.99. The van der Waals surface area contributed by atoms with E-state index >= 15 is 0 Å². The van der Waals surface area contributed by atoms with Gasteiger partial charge in [-0.1, -0.05) is 12.8 Å². The van der Waals surface area contributed by atoms with E-state index in [9.17, 15) is 14.3 Å². The highest BCUT2D eigenvalue weighted by Crippen LogP contribution is 2.37. The van der Waals surface area contributed by atoms with Gasteiger partial charge in [-0.2, -0.15) is 0 Å². The molecule has 3 nitrogen and oxygen atoms in total. The molecule has 0 bridgehead atoms. The summed E-state index contributed by atoms with van der Waals surface area (Å²) in [6.45, 7) is 0. The molecule has 0 radical (unpaired) electrons. The van der Waals surface area contributed by atoms with Crippen LogP contribution in [0.2, 0.25) is 0 Å². The molecule has 17 heavy (non-hydrogen) atoms. The molecule has 0 aliphatic heterocycles. The van der Waals surface area contributed by atoms with E-state index in [1.807, 2.05) is 0 Å². The molecule has 1 aromatic carbocycles. The Balaban J connectivity index is 2.31. The van der Waals surface area contributed by atoms with Crippen LogP contribution in [0.25, 0.3) is 0 Å². The maximum atomic E-state index is 12.8. The predicted octanol–water partition coefficient (Wildman–Crippen LogP) is 2.66. The lowest BCUT2D eigenvalue weighted by Crippen LogP contribution is -2.51. The van der Waals surface area contributed by atoms with Crippen LogP contribution in [-0.4, -0.2) is 23.7 Å². The molecular formula is C13H16FNO2. The second-order valence-electron chi connectivity index (χ2n) is 4.58. The zero-order chi connectivity index (χ0) is 12.5. The number of carboxylic acid groups (broad SMARTS) is 1. The summed E-state index contributed by atoms with van der Waals surface area (Å²) in [6.07, 6.45) is 3.15.